The van der Waals surface area contributed by atoms with Crippen LogP contribution in [0.2, 0.25) is 0 Å². The van der Waals surface area contributed by atoms with E-state index in [9.17, 15) is 0 Å². The molecule has 0 atom stereocenters. The van der Waals surface area contributed by atoms with Gasteiger partial charge >= 0.3 is 0 Å². The fourth-order valence-corrected chi connectivity index (χ4v) is 12.0. The van der Waals surface area contributed by atoms with Crippen molar-refractivity contribution in [3.05, 3.63) is 231 Å². The second-order valence-electron chi connectivity index (χ2n) is 17.5. The summed E-state index contributed by atoms with van der Waals surface area (Å²) in [6, 6.07) is 86.0. The van der Waals surface area contributed by atoms with Gasteiger partial charge in [-0.2, -0.15) is 0 Å². The zero-order valence-corrected chi connectivity index (χ0v) is 35.0. The van der Waals surface area contributed by atoms with Gasteiger partial charge in [-0.05, 0) is 111 Å². The fraction of sp³-hybridized carbons (Fsp3) is 0. The van der Waals surface area contributed by atoms with Gasteiger partial charge in [0.25, 0.3) is 6.71 Å². The Balaban J connectivity index is 1.10. The van der Waals surface area contributed by atoms with E-state index in [1.807, 2.05) is 0 Å². The normalized spacial score (nSPS) is 13.8. The number of rotatable bonds is 4. The molecule has 6 heteroatoms. The van der Waals surface area contributed by atoms with Crippen molar-refractivity contribution in [2.75, 3.05) is 14.7 Å². The summed E-state index contributed by atoms with van der Waals surface area (Å²) < 4.78 is 0. The first-order valence-corrected chi connectivity index (χ1v) is 22.5. The number of hydrogen-bond acceptors (Lipinski definition) is 3. The lowest BCUT2D eigenvalue weighted by atomic mass is 9.20. The standard InChI is InChI=1S/C58H38B3N3/c1-5-19-39(20-6-1)59-45-27-13-14-28-46(45)60-55-43-35-38-54-56(44(43)36-37-53(55)63(41-23-9-3-10-24-41)50-32-17-30-48(59)57(50)60)61-47-29-15-16-31-49(47)62(40-21-7-2-8-22-40)51-33-18-34-52(58(51)61)64(54)42-25-11-4-12-26-42/h1-38H. The van der Waals surface area contributed by atoms with Crippen molar-refractivity contribution >= 4 is 131 Å². The quantitative estimate of drug-likeness (QED) is 0.167. The maximum atomic E-state index is 2.54. The van der Waals surface area contributed by atoms with Crippen molar-refractivity contribution in [3.8, 4) is 0 Å². The zero-order valence-electron chi connectivity index (χ0n) is 35.0. The van der Waals surface area contributed by atoms with Crippen LogP contribution in [0.5, 0.6) is 0 Å². The van der Waals surface area contributed by atoms with Crippen molar-refractivity contribution in [2.45, 2.75) is 0 Å². The SMILES string of the molecule is c1ccc(B2c3ccccc3B3c4c2cccc4N(c2ccccc2)c2ccc4c5c(ccc4c23)N(c2ccccc2)c2cccc3c2B5c2ccccc2N3c2ccccc2)cc1. The Morgan fingerprint density at radius 1 is 0.219 bits per heavy atom. The van der Waals surface area contributed by atoms with E-state index in [2.05, 4.69) is 245 Å². The first-order chi connectivity index (χ1) is 31.8. The van der Waals surface area contributed by atoms with Crippen LogP contribution in [0.25, 0.3) is 10.8 Å². The molecule has 294 valence electrons. The van der Waals surface area contributed by atoms with Crippen LogP contribution in [0.1, 0.15) is 0 Å². The topological polar surface area (TPSA) is 9.72 Å². The highest BCUT2D eigenvalue weighted by molar-refractivity contribution is 7.13. The minimum Gasteiger partial charge on any atom is -0.312 e. The largest absolute Gasteiger partial charge is 0.312 e. The molecule has 0 fully saturated rings. The maximum Gasteiger partial charge on any atom is 0.252 e. The van der Waals surface area contributed by atoms with Crippen LogP contribution in [0.4, 0.5) is 51.2 Å². The van der Waals surface area contributed by atoms with Crippen molar-refractivity contribution in [3.63, 3.8) is 0 Å². The molecule has 10 aromatic carbocycles. The lowest BCUT2D eigenvalue weighted by Gasteiger charge is -2.45. The van der Waals surface area contributed by atoms with Crippen molar-refractivity contribution in [1.29, 1.82) is 0 Å². The first-order valence-electron chi connectivity index (χ1n) is 22.5. The Bertz CT molecular complexity index is 3230. The first kappa shape index (κ1) is 35.6. The molecule has 0 saturated carbocycles. The second kappa shape index (κ2) is 13.8. The molecule has 0 amide bonds. The Morgan fingerprint density at radius 3 is 1.12 bits per heavy atom. The van der Waals surface area contributed by atoms with Crippen LogP contribution >= 0.6 is 0 Å². The summed E-state index contributed by atoms with van der Waals surface area (Å²) in [7, 11) is 0. The van der Waals surface area contributed by atoms with Gasteiger partial charge in [-0.25, -0.2) is 0 Å². The predicted molar refractivity (Wildman–Crippen MR) is 275 cm³/mol. The van der Waals surface area contributed by atoms with Gasteiger partial charge in [0.05, 0.1) is 0 Å². The fourth-order valence-electron chi connectivity index (χ4n) is 12.0. The molecule has 14 rings (SSSR count). The van der Waals surface area contributed by atoms with E-state index in [0.29, 0.717) is 0 Å². The summed E-state index contributed by atoms with van der Waals surface area (Å²) in [5.41, 5.74) is 23.1. The molecule has 0 N–H and O–H groups in total. The van der Waals surface area contributed by atoms with Gasteiger partial charge in [-0.3, -0.25) is 0 Å². The molecule has 0 unspecified atom stereocenters. The molecule has 4 heterocycles. The lowest BCUT2D eigenvalue weighted by molar-refractivity contribution is 1.26. The highest BCUT2D eigenvalue weighted by atomic mass is 15.2. The summed E-state index contributed by atoms with van der Waals surface area (Å²) in [5.74, 6) is 0. The smallest absolute Gasteiger partial charge is 0.252 e. The Morgan fingerprint density at radius 2 is 0.578 bits per heavy atom. The van der Waals surface area contributed by atoms with Crippen LogP contribution < -0.4 is 63.9 Å². The highest BCUT2D eigenvalue weighted by Crippen LogP contribution is 2.45. The number of para-hydroxylation sites is 4. The van der Waals surface area contributed by atoms with Gasteiger partial charge in [0.2, 0.25) is 13.4 Å². The van der Waals surface area contributed by atoms with E-state index in [0.717, 1.165) is 11.4 Å². The van der Waals surface area contributed by atoms with Gasteiger partial charge in [0.15, 0.2) is 0 Å². The molecule has 0 spiro atoms. The molecule has 0 saturated heterocycles. The molecule has 0 bridgehead atoms. The van der Waals surface area contributed by atoms with Gasteiger partial charge < -0.3 is 14.7 Å². The van der Waals surface area contributed by atoms with Crippen LogP contribution in [-0.2, 0) is 0 Å². The molecular weight excluding hydrogens is 771 g/mol. The number of nitrogens with zero attached hydrogens (tertiary/aromatic N) is 3. The molecule has 0 aliphatic carbocycles. The Hall–Kier alpha value is -7.95. The molecule has 3 nitrogen and oxygen atoms in total. The number of fused-ring (bicyclic) bond motifs is 11. The molecule has 0 aromatic heterocycles. The summed E-state index contributed by atoms with van der Waals surface area (Å²) in [4.78, 5) is 7.53. The Kier molecular flexibility index (Phi) is 7.67. The zero-order chi connectivity index (χ0) is 41.9. The third-order valence-corrected chi connectivity index (χ3v) is 14.4. The lowest BCUT2D eigenvalue weighted by Crippen LogP contribution is -2.76. The third-order valence-electron chi connectivity index (χ3n) is 14.4. The number of anilines is 9. The van der Waals surface area contributed by atoms with Gasteiger partial charge in [0, 0.05) is 51.2 Å². The van der Waals surface area contributed by atoms with Crippen LogP contribution in [-0.4, -0.2) is 20.1 Å². The van der Waals surface area contributed by atoms with E-state index in [-0.39, 0.29) is 20.1 Å². The third kappa shape index (κ3) is 4.91. The van der Waals surface area contributed by atoms with Crippen molar-refractivity contribution in [1.82, 2.24) is 0 Å². The second-order valence-corrected chi connectivity index (χ2v) is 17.5. The summed E-state index contributed by atoms with van der Waals surface area (Å²) in [5, 5.41) is 2.59. The van der Waals surface area contributed by atoms with E-state index < -0.39 is 0 Å². The van der Waals surface area contributed by atoms with Gasteiger partial charge in [0.1, 0.15) is 0 Å². The van der Waals surface area contributed by atoms with E-state index >= 15 is 0 Å². The van der Waals surface area contributed by atoms with Crippen molar-refractivity contribution < 1.29 is 0 Å². The number of benzene rings is 10. The van der Waals surface area contributed by atoms with Crippen LogP contribution in [0, 0.1) is 0 Å². The molecule has 4 aliphatic rings. The minimum absolute atomic E-state index is 0.00292. The highest BCUT2D eigenvalue weighted by Gasteiger charge is 2.48. The van der Waals surface area contributed by atoms with E-state index in [4.69, 9.17) is 0 Å². The number of hydrogen-bond donors (Lipinski definition) is 0. The van der Waals surface area contributed by atoms with Crippen LogP contribution in [0.15, 0.2) is 231 Å². The monoisotopic (exact) mass is 809 g/mol. The van der Waals surface area contributed by atoms with Crippen LogP contribution in [0.3, 0.4) is 0 Å². The molecule has 10 aromatic rings. The molecule has 0 radical (unpaired) electrons. The summed E-state index contributed by atoms with van der Waals surface area (Å²) in [6.45, 7) is 0.144. The average Bonchev–Trinajstić information content (AvgIpc) is 3.37. The van der Waals surface area contributed by atoms with E-state index in [1.165, 1.54) is 99.7 Å². The molecule has 4 aliphatic heterocycles. The van der Waals surface area contributed by atoms with Gasteiger partial charge in [-0.1, -0.05) is 180 Å². The summed E-state index contributed by atoms with van der Waals surface area (Å²) in [6.07, 6.45) is 0. The minimum atomic E-state index is -0.00292. The van der Waals surface area contributed by atoms with E-state index in [1.54, 1.807) is 0 Å². The van der Waals surface area contributed by atoms with Crippen molar-refractivity contribution in [2.24, 2.45) is 0 Å². The average molecular weight is 809 g/mol. The predicted octanol–water partition coefficient (Wildman–Crippen LogP) is 8.05. The van der Waals surface area contributed by atoms with Gasteiger partial charge in [-0.15, -0.1) is 0 Å². The summed E-state index contributed by atoms with van der Waals surface area (Å²) >= 11 is 0. The molecular formula is C58H38B3N3. The maximum absolute atomic E-state index is 2.54. The Labute approximate surface area is 374 Å². The molecule has 64 heavy (non-hydrogen) atoms.